The van der Waals surface area contributed by atoms with Crippen LogP contribution >= 0.6 is 11.6 Å². The Bertz CT molecular complexity index is 1170. The summed E-state index contributed by atoms with van der Waals surface area (Å²) in [4.78, 5) is 32.3. The maximum atomic E-state index is 13.1. The van der Waals surface area contributed by atoms with E-state index in [0.717, 1.165) is 29.8 Å². The third kappa shape index (κ3) is 6.63. The second-order valence-electron chi connectivity index (χ2n) is 9.39. The van der Waals surface area contributed by atoms with Crippen LogP contribution in [0.1, 0.15) is 33.1 Å². The van der Waals surface area contributed by atoms with Gasteiger partial charge in [-0.1, -0.05) is 37.6 Å². The molecule has 0 saturated heterocycles. The molecule has 8 heteroatoms. The van der Waals surface area contributed by atoms with Gasteiger partial charge in [-0.05, 0) is 61.1 Å². The minimum Gasteiger partial charge on any atom is -0.497 e. The predicted octanol–water partition coefficient (Wildman–Crippen LogP) is 5.42. The van der Waals surface area contributed by atoms with Crippen LogP contribution in [-0.2, 0) is 9.59 Å². The standard InChI is InChI=1S/C27H31ClN4O3/c1-18(2)14-26(34)31(15-19-4-5-19)17-25(33)30-27-29-24(20-6-8-21(28)9-7-20)16-32(27)22-10-12-23(35-3)13-11-22/h6-13,16,18-19H,4-5,14-15,17H2,1-3H3,(H,29,30,33). The maximum Gasteiger partial charge on any atom is 0.246 e. The van der Waals surface area contributed by atoms with Gasteiger partial charge in [-0.25, -0.2) is 4.98 Å². The van der Waals surface area contributed by atoms with Crippen molar-refractivity contribution in [3.05, 3.63) is 59.8 Å². The summed E-state index contributed by atoms with van der Waals surface area (Å²) in [6.45, 7) is 4.66. The number of anilines is 1. The van der Waals surface area contributed by atoms with Gasteiger partial charge in [0.2, 0.25) is 17.8 Å². The van der Waals surface area contributed by atoms with E-state index in [9.17, 15) is 9.59 Å². The van der Waals surface area contributed by atoms with Gasteiger partial charge in [0, 0.05) is 35.4 Å². The second kappa shape index (κ2) is 11.0. The summed E-state index contributed by atoms with van der Waals surface area (Å²) in [6.07, 6.45) is 4.52. The average molecular weight is 495 g/mol. The van der Waals surface area contributed by atoms with Crippen LogP contribution in [0, 0.1) is 11.8 Å². The number of nitrogens with zero attached hydrogens (tertiary/aromatic N) is 3. The minimum atomic E-state index is -0.272. The lowest BCUT2D eigenvalue weighted by molar-refractivity contribution is -0.135. The Hall–Kier alpha value is -3.32. The van der Waals surface area contributed by atoms with Gasteiger partial charge in [0.05, 0.1) is 19.3 Å². The number of hydrogen-bond acceptors (Lipinski definition) is 4. The van der Waals surface area contributed by atoms with Gasteiger partial charge >= 0.3 is 0 Å². The highest BCUT2D eigenvalue weighted by Gasteiger charge is 2.28. The number of rotatable bonds is 10. The van der Waals surface area contributed by atoms with Crippen molar-refractivity contribution in [2.45, 2.75) is 33.1 Å². The van der Waals surface area contributed by atoms with E-state index >= 15 is 0 Å². The van der Waals surface area contributed by atoms with Crippen LogP contribution in [0.4, 0.5) is 5.95 Å². The lowest BCUT2D eigenvalue weighted by Gasteiger charge is -2.23. The van der Waals surface area contributed by atoms with Crippen LogP contribution in [-0.4, -0.2) is 46.5 Å². The molecule has 0 aliphatic heterocycles. The molecule has 2 amide bonds. The fraction of sp³-hybridized carbons (Fsp3) is 0.370. The third-order valence-electron chi connectivity index (χ3n) is 5.89. The summed E-state index contributed by atoms with van der Waals surface area (Å²) in [5.74, 6) is 1.60. The lowest BCUT2D eigenvalue weighted by Crippen LogP contribution is -2.40. The van der Waals surface area contributed by atoms with E-state index < -0.39 is 0 Å². The molecule has 1 aromatic heterocycles. The number of hydrogen-bond donors (Lipinski definition) is 1. The molecule has 1 heterocycles. The molecule has 1 saturated carbocycles. The topological polar surface area (TPSA) is 76.5 Å². The summed E-state index contributed by atoms with van der Waals surface area (Å²) < 4.78 is 7.09. The highest BCUT2D eigenvalue weighted by molar-refractivity contribution is 6.30. The largest absolute Gasteiger partial charge is 0.497 e. The van der Waals surface area contributed by atoms with Gasteiger partial charge in [0.25, 0.3) is 0 Å². The zero-order valence-electron chi connectivity index (χ0n) is 20.3. The Morgan fingerprint density at radius 3 is 2.43 bits per heavy atom. The van der Waals surface area contributed by atoms with Gasteiger partial charge < -0.3 is 9.64 Å². The van der Waals surface area contributed by atoms with E-state index in [2.05, 4.69) is 5.32 Å². The molecule has 1 fully saturated rings. The highest BCUT2D eigenvalue weighted by Crippen LogP contribution is 2.30. The van der Waals surface area contributed by atoms with Crippen molar-refractivity contribution in [1.82, 2.24) is 14.5 Å². The van der Waals surface area contributed by atoms with Crippen LogP contribution in [0.2, 0.25) is 5.02 Å². The van der Waals surface area contributed by atoms with Crippen LogP contribution in [0.5, 0.6) is 5.75 Å². The molecule has 0 radical (unpaired) electrons. The van der Waals surface area contributed by atoms with E-state index in [-0.39, 0.29) is 24.3 Å². The molecule has 0 unspecified atom stereocenters. The summed E-state index contributed by atoms with van der Waals surface area (Å²) in [5.41, 5.74) is 2.39. The fourth-order valence-corrected chi connectivity index (χ4v) is 3.98. The first-order valence-electron chi connectivity index (χ1n) is 11.9. The number of ether oxygens (including phenoxy) is 1. The molecule has 184 valence electrons. The fourth-order valence-electron chi connectivity index (χ4n) is 3.85. The normalized spacial score (nSPS) is 13.1. The molecule has 0 bridgehead atoms. The van der Waals surface area contributed by atoms with E-state index in [1.807, 2.05) is 61.0 Å². The number of aromatic nitrogens is 2. The molecule has 2 aromatic carbocycles. The zero-order chi connectivity index (χ0) is 24.9. The van der Waals surface area contributed by atoms with Gasteiger partial charge in [-0.15, -0.1) is 0 Å². The molecule has 0 spiro atoms. The number of halogens is 1. The molecule has 3 aromatic rings. The van der Waals surface area contributed by atoms with E-state index in [1.165, 1.54) is 0 Å². The molecular weight excluding hydrogens is 464 g/mol. The highest BCUT2D eigenvalue weighted by atomic mass is 35.5. The van der Waals surface area contributed by atoms with Crippen molar-refractivity contribution in [2.24, 2.45) is 11.8 Å². The van der Waals surface area contributed by atoms with Gasteiger partial charge in [-0.3, -0.25) is 19.5 Å². The molecule has 4 rings (SSSR count). The number of amides is 2. The van der Waals surface area contributed by atoms with Gasteiger partial charge in [0.1, 0.15) is 5.75 Å². The van der Waals surface area contributed by atoms with Crippen LogP contribution < -0.4 is 10.1 Å². The monoisotopic (exact) mass is 494 g/mol. The predicted molar refractivity (Wildman–Crippen MR) is 138 cm³/mol. The molecule has 1 N–H and O–H groups in total. The Morgan fingerprint density at radius 1 is 1.14 bits per heavy atom. The van der Waals surface area contributed by atoms with Gasteiger partial charge in [-0.2, -0.15) is 0 Å². The number of benzene rings is 2. The summed E-state index contributed by atoms with van der Waals surface area (Å²) in [5, 5.41) is 3.57. The third-order valence-corrected chi connectivity index (χ3v) is 6.15. The molecule has 0 atom stereocenters. The Kier molecular flexibility index (Phi) is 7.76. The molecule has 35 heavy (non-hydrogen) atoms. The maximum absolute atomic E-state index is 13.1. The summed E-state index contributed by atoms with van der Waals surface area (Å²) >= 11 is 6.05. The number of carbonyl (C=O) groups is 2. The molecular formula is C27H31ClN4O3. The number of carbonyl (C=O) groups excluding carboxylic acids is 2. The number of nitrogens with one attached hydrogen (secondary N) is 1. The first kappa shape index (κ1) is 24.8. The Morgan fingerprint density at radius 2 is 1.83 bits per heavy atom. The minimum absolute atomic E-state index is 0.00774. The summed E-state index contributed by atoms with van der Waals surface area (Å²) in [7, 11) is 1.62. The van der Waals surface area contributed by atoms with Crippen LogP contribution in [0.15, 0.2) is 54.7 Å². The Labute approximate surface area is 211 Å². The zero-order valence-corrected chi connectivity index (χ0v) is 21.1. The van der Waals surface area contributed by atoms with Gasteiger partial charge in [0.15, 0.2) is 0 Å². The Balaban J connectivity index is 1.59. The first-order chi connectivity index (χ1) is 16.8. The number of methoxy groups -OCH3 is 1. The van der Waals surface area contributed by atoms with Crippen molar-refractivity contribution in [3.8, 4) is 22.7 Å². The molecule has 1 aliphatic carbocycles. The van der Waals surface area contributed by atoms with Crippen molar-refractivity contribution < 1.29 is 14.3 Å². The van der Waals surface area contributed by atoms with E-state index in [0.29, 0.717) is 35.5 Å². The number of imidazole rings is 1. The van der Waals surface area contributed by atoms with Crippen molar-refractivity contribution in [1.29, 1.82) is 0 Å². The van der Waals surface area contributed by atoms with Crippen LogP contribution in [0.3, 0.4) is 0 Å². The first-order valence-corrected chi connectivity index (χ1v) is 12.3. The van der Waals surface area contributed by atoms with Crippen molar-refractivity contribution >= 4 is 29.4 Å². The van der Waals surface area contributed by atoms with E-state index in [4.69, 9.17) is 21.3 Å². The molecule has 1 aliphatic rings. The quantitative estimate of drug-likeness (QED) is 0.408. The van der Waals surface area contributed by atoms with Crippen molar-refractivity contribution in [3.63, 3.8) is 0 Å². The molecule has 7 nitrogen and oxygen atoms in total. The smallest absolute Gasteiger partial charge is 0.246 e. The second-order valence-corrected chi connectivity index (χ2v) is 9.82. The van der Waals surface area contributed by atoms with Crippen molar-refractivity contribution in [2.75, 3.05) is 25.5 Å². The van der Waals surface area contributed by atoms with E-state index in [1.54, 1.807) is 24.1 Å². The SMILES string of the molecule is COc1ccc(-n2cc(-c3ccc(Cl)cc3)nc2NC(=O)CN(CC2CC2)C(=O)CC(C)C)cc1. The average Bonchev–Trinajstić information content (AvgIpc) is 3.56. The summed E-state index contributed by atoms with van der Waals surface area (Å²) in [6, 6.07) is 14.9. The lowest BCUT2D eigenvalue weighted by atomic mass is 10.1. The van der Waals surface area contributed by atoms with Crippen LogP contribution in [0.25, 0.3) is 16.9 Å².